The van der Waals surface area contributed by atoms with Crippen LogP contribution in [0.15, 0.2) is 42.5 Å². The lowest BCUT2D eigenvalue weighted by Gasteiger charge is -2.52. The molecule has 0 bridgehead atoms. The number of hydrogen-bond donors (Lipinski definition) is 2. The first-order valence-electron chi connectivity index (χ1n) is 10.3. The van der Waals surface area contributed by atoms with Gasteiger partial charge in [0.25, 0.3) is 0 Å². The lowest BCUT2D eigenvalue weighted by molar-refractivity contribution is -0.198. The van der Waals surface area contributed by atoms with Crippen LogP contribution in [-0.2, 0) is 25.3 Å². The number of carboxylic acids is 1. The van der Waals surface area contributed by atoms with Gasteiger partial charge in [0.05, 0.1) is 18.2 Å². The molecular weight excluding hydrogens is 401 g/mol. The molecule has 7 heteroatoms. The van der Waals surface area contributed by atoms with Gasteiger partial charge in [-0.1, -0.05) is 19.9 Å². The van der Waals surface area contributed by atoms with Crippen LogP contribution in [-0.4, -0.2) is 40.1 Å². The number of aliphatic carboxylic acids is 1. The van der Waals surface area contributed by atoms with Gasteiger partial charge in [0.1, 0.15) is 23.8 Å². The van der Waals surface area contributed by atoms with E-state index in [2.05, 4.69) is 18.4 Å². The van der Waals surface area contributed by atoms with Crippen LogP contribution >= 0.6 is 0 Å². The molecule has 6 nitrogen and oxygen atoms in total. The minimum atomic E-state index is -1.00. The van der Waals surface area contributed by atoms with E-state index in [4.69, 9.17) is 14.6 Å². The predicted molar refractivity (Wildman–Crippen MR) is 112 cm³/mol. The number of aromatic nitrogens is 1. The third-order valence-corrected chi connectivity index (χ3v) is 6.42. The zero-order valence-electron chi connectivity index (χ0n) is 17.4. The van der Waals surface area contributed by atoms with Gasteiger partial charge >= 0.3 is 5.97 Å². The number of carbonyl (C=O) groups is 1. The summed E-state index contributed by atoms with van der Waals surface area (Å²) in [6, 6.07) is 11.7. The van der Waals surface area contributed by atoms with Crippen LogP contribution < -0.4 is 0 Å². The van der Waals surface area contributed by atoms with Gasteiger partial charge in [-0.15, -0.1) is 0 Å². The second-order valence-electron chi connectivity index (χ2n) is 9.11. The van der Waals surface area contributed by atoms with Crippen LogP contribution in [0.25, 0.3) is 16.6 Å². The number of nitrogens with zero attached hydrogens (tertiary/aromatic N) is 1. The Morgan fingerprint density at radius 1 is 1.23 bits per heavy atom. The van der Waals surface area contributed by atoms with Gasteiger partial charge in [-0.05, 0) is 36.4 Å². The Hall–Kier alpha value is -2.90. The van der Waals surface area contributed by atoms with Gasteiger partial charge in [-0.3, -0.25) is 0 Å². The highest BCUT2D eigenvalue weighted by molar-refractivity contribution is 5.94. The lowest BCUT2D eigenvalue weighted by atomic mass is 9.67. The number of ether oxygens (including phenoxy) is 2. The summed E-state index contributed by atoms with van der Waals surface area (Å²) in [6.07, 6.45) is 0.806. The van der Waals surface area contributed by atoms with Crippen molar-refractivity contribution in [1.29, 1.82) is 0 Å². The Kier molecular flexibility index (Phi) is 4.39. The summed E-state index contributed by atoms with van der Waals surface area (Å²) >= 11 is 0. The fraction of sp³-hybridized carbons (Fsp3) is 0.375. The molecule has 2 aliphatic rings. The molecule has 162 valence electrons. The molecule has 0 radical (unpaired) electrons. The average molecular weight is 425 g/mol. The van der Waals surface area contributed by atoms with Crippen LogP contribution in [0.3, 0.4) is 0 Å². The van der Waals surface area contributed by atoms with E-state index in [1.165, 1.54) is 12.1 Å². The third kappa shape index (κ3) is 3.03. The molecule has 2 N–H and O–H groups in total. The maximum absolute atomic E-state index is 13.6. The normalized spacial score (nSPS) is 24.2. The number of phenols is 1. The minimum absolute atomic E-state index is 0.158. The van der Waals surface area contributed by atoms with E-state index < -0.39 is 11.6 Å². The highest BCUT2D eigenvalue weighted by atomic mass is 19.1. The van der Waals surface area contributed by atoms with Crippen molar-refractivity contribution in [3.05, 3.63) is 59.5 Å². The van der Waals surface area contributed by atoms with Gasteiger partial charge in [0.15, 0.2) is 0 Å². The van der Waals surface area contributed by atoms with Crippen molar-refractivity contribution in [2.75, 3.05) is 13.2 Å². The number of halogens is 1. The van der Waals surface area contributed by atoms with E-state index in [-0.39, 0.29) is 29.7 Å². The molecule has 2 aromatic carbocycles. The molecule has 3 aromatic rings. The summed E-state index contributed by atoms with van der Waals surface area (Å²) in [6.45, 7) is 4.29. The Bertz CT molecular complexity index is 1170. The monoisotopic (exact) mass is 425 g/mol. The molecule has 2 heterocycles. The molecule has 1 spiro atoms. The molecule has 1 aromatic heterocycles. The number of aromatic hydroxyl groups is 1. The van der Waals surface area contributed by atoms with E-state index in [0.717, 1.165) is 22.5 Å². The summed E-state index contributed by atoms with van der Waals surface area (Å²) < 4.78 is 27.6. The number of rotatable bonds is 4. The van der Waals surface area contributed by atoms with E-state index in [1.807, 2.05) is 6.07 Å². The van der Waals surface area contributed by atoms with Crippen molar-refractivity contribution in [3.8, 4) is 11.4 Å². The molecule has 1 aliphatic heterocycles. The first kappa shape index (κ1) is 20.0. The van der Waals surface area contributed by atoms with Crippen LogP contribution in [0.4, 0.5) is 4.39 Å². The van der Waals surface area contributed by atoms with E-state index in [9.17, 15) is 14.3 Å². The summed E-state index contributed by atoms with van der Waals surface area (Å²) in [4.78, 5) is 10.9. The molecular formula is C24H24FNO5. The molecule has 0 saturated heterocycles. The SMILES string of the molecule is CC1(C)COC2(CC(OCC(=O)O)C2)c2c1n(-c1ccc(F)cc1)c1cccc(O)c21. The summed E-state index contributed by atoms with van der Waals surface area (Å²) in [5.74, 6) is -1.16. The maximum atomic E-state index is 13.6. The quantitative estimate of drug-likeness (QED) is 0.654. The number of fused-ring (bicyclic) bond motifs is 4. The second-order valence-corrected chi connectivity index (χ2v) is 9.11. The van der Waals surface area contributed by atoms with Crippen molar-refractivity contribution in [2.24, 2.45) is 0 Å². The fourth-order valence-electron chi connectivity index (χ4n) is 5.03. The smallest absolute Gasteiger partial charge is 0.329 e. The molecule has 0 atom stereocenters. The topological polar surface area (TPSA) is 80.9 Å². The molecule has 0 amide bonds. The van der Waals surface area contributed by atoms with Gasteiger partial charge in [-0.2, -0.15) is 0 Å². The standard InChI is InChI=1S/C24H24FNO5/c1-23(2)13-31-24(10-16(11-24)30-12-19(28)29)21-20-17(4-3-5-18(20)27)26(22(21)23)15-8-6-14(25)7-9-15/h3-9,16,27H,10-13H2,1-2H3,(H,28,29). The number of hydrogen-bond acceptors (Lipinski definition) is 4. The van der Waals surface area contributed by atoms with Gasteiger partial charge < -0.3 is 24.3 Å². The minimum Gasteiger partial charge on any atom is -0.507 e. The van der Waals surface area contributed by atoms with E-state index >= 15 is 0 Å². The number of phenolic OH excluding ortho intramolecular Hbond substituents is 1. The van der Waals surface area contributed by atoms with Crippen LogP contribution in [0.2, 0.25) is 0 Å². The van der Waals surface area contributed by atoms with Crippen LogP contribution in [0, 0.1) is 5.82 Å². The Morgan fingerprint density at radius 3 is 2.61 bits per heavy atom. The summed E-state index contributed by atoms with van der Waals surface area (Å²) in [7, 11) is 0. The van der Waals surface area contributed by atoms with Gasteiger partial charge in [0.2, 0.25) is 0 Å². The van der Waals surface area contributed by atoms with E-state index in [0.29, 0.717) is 24.8 Å². The first-order valence-corrected chi connectivity index (χ1v) is 10.3. The molecule has 0 unspecified atom stereocenters. The summed E-state index contributed by atoms with van der Waals surface area (Å²) in [5.41, 5.74) is 2.53. The van der Waals surface area contributed by atoms with Crippen molar-refractivity contribution in [2.45, 2.75) is 43.8 Å². The predicted octanol–water partition coefficient (Wildman–Crippen LogP) is 4.24. The largest absolute Gasteiger partial charge is 0.507 e. The highest BCUT2D eigenvalue weighted by Gasteiger charge is 2.56. The van der Waals surface area contributed by atoms with Gasteiger partial charge in [-0.25, -0.2) is 9.18 Å². The van der Waals surface area contributed by atoms with Crippen LogP contribution in [0.5, 0.6) is 5.75 Å². The third-order valence-electron chi connectivity index (χ3n) is 6.42. The molecule has 31 heavy (non-hydrogen) atoms. The Balaban J connectivity index is 1.72. The lowest BCUT2D eigenvalue weighted by Crippen LogP contribution is -2.54. The molecule has 1 fully saturated rings. The van der Waals surface area contributed by atoms with E-state index in [1.54, 1.807) is 24.3 Å². The first-order chi connectivity index (χ1) is 14.7. The Morgan fingerprint density at radius 2 is 1.94 bits per heavy atom. The second kappa shape index (κ2) is 6.80. The average Bonchev–Trinajstić information content (AvgIpc) is 3.05. The van der Waals surface area contributed by atoms with Crippen molar-refractivity contribution >= 4 is 16.9 Å². The van der Waals surface area contributed by atoms with Crippen molar-refractivity contribution < 1.29 is 28.9 Å². The molecule has 1 saturated carbocycles. The molecule has 1 aliphatic carbocycles. The number of benzene rings is 2. The van der Waals surface area contributed by atoms with Crippen molar-refractivity contribution in [1.82, 2.24) is 4.57 Å². The number of carboxylic acid groups (broad SMARTS) is 1. The van der Waals surface area contributed by atoms with Crippen molar-refractivity contribution in [3.63, 3.8) is 0 Å². The highest BCUT2D eigenvalue weighted by Crippen LogP contribution is 2.57. The molecule has 5 rings (SSSR count). The van der Waals surface area contributed by atoms with Gasteiger partial charge in [0, 0.05) is 40.6 Å². The Labute approximate surface area is 178 Å². The van der Waals surface area contributed by atoms with Crippen LogP contribution in [0.1, 0.15) is 37.9 Å². The fourth-order valence-corrected chi connectivity index (χ4v) is 5.03. The zero-order chi connectivity index (χ0) is 22.0. The zero-order valence-corrected chi connectivity index (χ0v) is 17.4. The summed E-state index contributed by atoms with van der Waals surface area (Å²) in [5, 5.41) is 20.5. The maximum Gasteiger partial charge on any atom is 0.329 e.